The maximum Gasteiger partial charge on any atom is 0.307 e. The van der Waals surface area contributed by atoms with Gasteiger partial charge in [-0.1, -0.05) is 17.4 Å². The van der Waals surface area contributed by atoms with Crippen molar-refractivity contribution in [1.82, 2.24) is 15.3 Å². The van der Waals surface area contributed by atoms with E-state index in [2.05, 4.69) is 15.3 Å². The number of nitrogens with zero attached hydrogens (tertiary/aromatic N) is 1. The summed E-state index contributed by atoms with van der Waals surface area (Å²) in [6, 6.07) is 8.84. The Morgan fingerprint density at radius 1 is 1.27 bits per heavy atom. The van der Waals surface area contributed by atoms with E-state index in [1.165, 1.54) is 7.11 Å². The molecular weight excluding hydrogens is 354 g/mol. The van der Waals surface area contributed by atoms with Crippen molar-refractivity contribution in [2.24, 2.45) is 0 Å². The third-order valence-electron chi connectivity index (χ3n) is 3.78. The molecule has 2 heterocycles. The lowest BCUT2D eigenvalue weighted by Gasteiger charge is -2.11. The fraction of sp³-hybridized carbons (Fsp3) is 0.167. The smallest absolute Gasteiger partial charge is 0.307 e. The van der Waals surface area contributed by atoms with Crippen LogP contribution in [0.3, 0.4) is 0 Å². The first kappa shape index (κ1) is 17.7. The third-order valence-corrected chi connectivity index (χ3v) is 4.65. The molecule has 0 bridgehead atoms. The minimum Gasteiger partial charge on any atom is -0.496 e. The van der Waals surface area contributed by atoms with Gasteiger partial charge in [-0.05, 0) is 35.4 Å². The number of aromatic amines is 1. The molecule has 3 aromatic rings. The largest absolute Gasteiger partial charge is 0.496 e. The number of aromatic hydroxyl groups is 1. The number of rotatable bonds is 6. The lowest BCUT2D eigenvalue weighted by molar-refractivity contribution is 0.0947. The van der Waals surface area contributed by atoms with Crippen LogP contribution in [0.25, 0.3) is 0 Å². The first-order valence-electron chi connectivity index (χ1n) is 7.82. The fourth-order valence-corrected chi connectivity index (χ4v) is 3.24. The summed E-state index contributed by atoms with van der Waals surface area (Å²) in [5.74, 6) is 0.0407. The van der Waals surface area contributed by atoms with E-state index >= 15 is 0 Å². The monoisotopic (exact) mass is 371 g/mol. The van der Waals surface area contributed by atoms with Crippen LogP contribution >= 0.6 is 11.3 Å². The summed E-state index contributed by atoms with van der Waals surface area (Å²) in [5, 5.41) is 12.6. The van der Waals surface area contributed by atoms with Crippen molar-refractivity contribution >= 4 is 17.2 Å². The van der Waals surface area contributed by atoms with Crippen LogP contribution in [0.5, 0.6) is 11.6 Å². The molecule has 134 valence electrons. The molecule has 7 nitrogen and oxygen atoms in total. The van der Waals surface area contributed by atoms with Gasteiger partial charge in [0.15, 0.2) is 0 Å². The zero-order valence-corrected chi connectivity index (χ0v) is 14.8. The average molecular weight is 371 g/mol. The second kappa shape index (κ2) is 7.83. The van der Waals surface area contributed by atoms with E-state index in [-0.39, 0.29) is 16.7 Å². The Hall–Kier alpha value is -3.13. The number of aromatic nitrogens is 2. The number of ether oxygens (including phenoxy) is 1. The third kappa shape index (κ3) is 4.09. The number of carbonyl (C=O) groups excluding carboxylic acids is 1. The molecule has 8 heteroatoms. The topological polar surface area (TPSA) is 104 Å². The lowest BCUT2D eigenvalue weighted by atomic mass is 10.1. The zero-order chi connectivity index (χ0) is 18.5. The van der Waals surface area contributed by atoms with Crippen LogP contribution in [0.1, 0.15) is 26.4 Å². The minimum atomic E-state index is -0.318. The van der Waals surface area contributed by atoms with Crippen LogP contribution in [0, 0.1) is 0 Å². The highest BCUT2D eigenvalue weighted by Crippen LogP contribution is 2.25. The van der Waals surface area contributed by atoms with Crippen molar-refractivity contribution < 1.29 is 14.6 Å². The first-order valence-corrected chi connectivity index (χ1v) is 8.63. The number of pyridine rings is 1. The summed E-state index contributed by atoms with van der Waals surface area (Å²) >= 11 is 0.942. The van der Waals surface area contributed by atoms with Gasteiger partial charge in [0.05, 0.1) is 17.6 Å². The van der Waals surface area contributed by atoms with Crippen molar-refractivity contribution in [3.8, 4) is 11.6 Å². The summed E-state index contributed by atoms with van der Waals surface area (Å²) in [6.45, 7) is 0.370. The number of H-pyrrole nitrogens is 1. The lowest BCUT2D eigenvalue weighted by Crippen LogP contribution is -2.23. The zero-order valence-electron chi connectivity index (χ0n) is 14.0. The highest BCUT2D eigenvalue weighted by Gasteiger charge is 2.15. The van der Waals surface area contributed by atoms with Crippen LogP contribution in [-0.2, 0) is 13.0 Å². The fourth-order valence-electron chi connectivity index (χ4n) is 2.48. The van der Waals surface area contributed by atoms with Gasteiger partial charge < -0.3 is 15.2 Å². The molecule has 0 atom stereocenters. The molecular formula is C18H17N3O4S. The summed E-state index contributed by atoms with van der Waals surface area (Å²) < 4.78 is 5.28. The van der Waals surface area contributed by atoms with Crippen LogP contribution in [0.15, 0.2) is 47.5 Å². The Morgan fingerprint density at radius 2 is 2.04 bits per heavy atom. The molecule has 2 aromatic heterocycles. The summed E-state index contributed by atoms with van der Waals surface area (Å²) in [4.78, 5) is 30.4. The number of amides is 1. The van der Waals surface area contributed by atoms with Crippen LogP contribution in [0.2, 0.25) is 0 Å². The summed E-state index contributed by atoms with van der Waals surface area (Å²) in [6.07, 6.45) is 3.67. The molecule has 26 heavy (non-hydrogen) atoms. The van der Waals surface area contributed by atoms with E-state index in [9.17, 15) is 14.7 Å². The van der Waals surface area contributed by atoms with Crippen molar-refractivity contribution in [1.29, 1.82) is 0 Å². The molecule has 0 aliphatic rings. The second-order valence-electron chi connectivity index (χ2n) is 5.54. The normalized spacial score (nSPS) is 10.5. The molecule has 1 amide bonds. The van der Waals surface area contributed by atoms with E-state index < -0.39 is 0 Å². The van der Waals surface area contributed by atoms with E-state index in [0.717, 1.165) is 22.5 Å². The first-order chi connectivity index (χ1) is 12.6. The van der Waals surface area contributed by atoms with Gasteiger partial charge in [-0.3, -0.25) is 19.6 Å². The Morgan fingerprint density at radius 3 is 2.69 bits per heavy atom. The second-order valence-corrected chi connectivity index (χ2v) is 6.60. The van der Waals surface area contributed by atoms with Crippen molar-refractivity contribution in [2.45, 2.75) is 13.0 Å². The van der Waals surface area contributed by atoms with Crippen molar-refractivity contribution in [3.05, 3.63) is 74.0 Å². The molecule has 0 aliphatic heterocycles. The van der Waals surface area contributed by atoms with Crippen LogP contribution < -0.4 is 14.9 Å². The highest BCUT2D eigenvalue weighted by atomic mass is 32.1. The Bertz CT molecular complexity index is 966. The van der Waals surface area contributed by atoms with Gasteiger partial charge >= 0.3 is 4.87 Å². The Labute approximate surface area is 153 Å². The molecule has 3 rings (SSSR count). The van der Waals surface area contributed by atoms with Gasteiger partial charge in [0.2, 0.25) is 5.88 Å². The van der Waals surface area contributed by atoms with E-state index in [1.54, 1.807) is 30.6 Å². The highest BCUT2D eigenvalue weighted by molar-refractivity contribution is 7.09. The standard InChI is InChI=1S/C18H17N3O4S/c1-25-14-3-2-12(9-15-17(23)21-18(24)26-15)8-13(14)16(22)20-10-11-4-6-19-7-5-11/h2-8,23H,9-10H2,1H3,(H,20,22)(H,21,24). The van der Waals surface area contributed by atoms with E-state index in [0.29, 0.717) is 29.2 Å². The number of benzene rings is 1. The number of hydrogen-bond acceptors (Lipinski definition) is 6. The SMILES string of the molecule is COc1ccc(Cc2sc(=O)[nH]c2O)cc1C(=O)NCc1ccncc1. The molecule has 0 saturated heterocycles. The maximum atomic E-state index is 12.6. The predicted octanol–water partition coefficient (Wildman–Crippen LogP) is 2.07. The number of thiazole rings is 1. The molecule has 0 radical (unpaired) electrons. The van der Waals surface area contributed by atoms with Crippen LogP contribution in [0.4, 0.5) is 0 Å². The average Bonchev–Trinajstić information content (AvgIpc) is 2.97. The van der Waals surface area contributed by atoms with Crippen molar-refractivity contribution in [2.75, 3.05) is 7.11 Å². The van der Waals surface area contributed by atoms with Crippen molar-refractivity contribution in [3.63, 3.8) is 0 Å². The summed E-state index contributed by atoms with van der Waals surface area (Å²) in [7, 11) is 1.50. The minimum absolute atomic E-state index is 0.139. The van der Waals surface area contributed by atoms with Gasteiger partial charge in [0.1, 0.15) is 5.75 Å². The molecule has 0 spiro atoms. The Balaban J connectivity index is 1.79. The summed E-state index contributed by atoms with van der Waals surface area (Å²) in [5.41, 5.74) is 2.11. The van der Waals surface area contributed by atoms with E-state index in [1.807, 2.05) is 12.1 Å². The molecule has 3 N–H and O–H groups in total. The quantitative estimate of drug-likeness (QED) is 0.615. The molecule has 0 fully saturated rings. The van der Waals surface area contributed by atoms with Gasteiger partial charge in [-0.25, -0.2) is 0 Å². The number of methoxy groups -OCH3 is 1. The van der Waals surface area contributed by atoms with Gasteiger partial charge in [0, 0.05) is 25.4 Å². The predicted molar refractivity (Wildman–Crippen MR) is 97.8 cm³/mol. The van der Waals surface area contributed by atoms with Gasteiger partial charge in [-0.15, -0.1) is 0 Å². The number of carbonyl (C=O) groups is 1. The number of nitrogens with one attached hydrogen (secondary N) is 2. The molecule has 0 saturated carbocycles. The maximum absolute atomic E-state index is 12.6. The molecule has 0 unspecified atom stereocenters. The Kier molecular flexibility index (Phi) is 5.33. The molecule has 1 aromatic carbocycles. The molecule has 0 aliphatic carbocycles. The van der Waals surface area contributed by atoms with E-state index in [4.69, 9.17) is 4.74 Å². The van der Waals surface area contributed by atoms with Gasteiger partial charge in [0.25, 0.3) is 5.91 Å². The van der Waals surface area contributed by atoms with Crippen LogP contribution in [-0.4, -0.2) is 28.1 Å². The number of hydrogen-bond donors (Lipinski definition) is 3. The van der Waals surface area contributed by atoms with Gasteiger partial charge in [-0.2, -0.15) is 0 Å².